The van der Waals surface area contributed by atoms with E-state index in [0.717, 1.165) is 35.5 Å². The van der Waals surface area contributed by atoms with Gasteiger partial charge in [0.25, 0.3) is 5.90 Å². The standard InChI is InChI=1S/C19H24N2O5/c1-2-7-24-15-3-4-17-14(10-15)5-6-20-18(17)11-19(21-22)26-13-16-12-23-8-9-25-16/h2-4,10-11,16,20,22H,1,5-9,12-13H2/b18-11-,21-19+/t16-/m0/s1. The number of nitrogens with one attached hydrogen (secondary N) is 1. The van der Waals surface area contributed by atoms with Crippen molar-refractivity contribution < 1.29 is 24.2 Å². The van der Waals surface area contributed by atoms with Gasteiger partial charge >= 0.3 is 0 Å². The molecule has 2 aliphatic rings. The highest BCUT2D eigenvalue weighted by Crippen LogP contribution is 2.26. The summed E-state index contributed by atoms with van der Waals surface area (Å²) in [5.41, 5.74) is 3.04. The van der Waals surface area contributed by atoms with Crippen molar-refractivity contribution >= 4 is 11.6 Å². The van der Waals surface area contributed by atoms with Gasteiger partial charge in [-0.2, -0.15) is 0 Å². The van der Waals surface area contributed by atoms with Crippen LogP contribution in [0.3, 0.4) is 0 Å². The molecule has 0 spiro atoms. The largest absolute Gasteiger partial charge is 0.490 e. The topological polar surface area (TPSA) is 81.5 Å². The Kier molecular flexibility index (Phi) is 6.51. The highest BCUT2D eigenvalue weighted by atomic mass is 16.6. The Bertz CT molecular complexity index is 681. The molecular weight excluding hydrogens is 336 g/mol. The lowest BCUT2D eigenvalue weighted by atomic mass is 9.97. The van der Waals surface area contributed by atoms with Gasteiger partial charge in [0.1, 0.15) is 25.1 Å². The van der Waals surface area contributed by atoms with Crippen LogP contribution in [0.4, 0.5) is 0 Å². The number of benzene rings is 1. The summed E-state index contributed by atoms with van der Waals surface area (Å²) >= 11 is 0. The van der Waals surface area contributed by atoms with E-state index in [0.29, 0.717) is 26.4 Å². The van der Waals surface area contributed by atoms with E-state index in [9.17, 15) is 5.21 Å². The SMILES string of the molecule is C=CCOc1ccc2c(c1)CCN/C2=C\C(=N/O)OC[C@@H]1COCCO1. The molecule has 26 heavy (non-hydrogen) atoms. The zero-order chi connectivity index (χ0) is 18.2. The second-order valence-corrected chi connectivity index (χ2v) is 5.97. The van der Waals surface area contributed by atoms with Crippen LogP contribution in [-0.4, -0.2) is 56.8 Å². The van der Waals surface area contributed by atoms with Crippen LogP contribution in [0.5, 0.6) is 5.75 Å². The second kappa shape index (κ2) is 9.26. The predicted molar refractivity (Wildman–Crippen MR) is 97.6 cm³/mol. The number of fused-ring (bicyclic) bond motifs is 1. The van der Waals surface area contributed by atoms with Crippen LogP contribution in [-0.2, 0) is 20.6 Å². The maximum absolute atomic E-state index is 9.26. The van der Waals surface area contributed by atoms with Crippen molar-refractivity contribution in [3.05, 3.63) is 48.1 Å². The van der Waals surface area contributed by atoms with Gasteiger partial charge < -0.3 is 29.5 Å². The van der Waals surface area contributed by atoms with Crippen molar-refractivity contribution in [1.82, 2.24) is 5.32 Å². The van der Waals surface area contributed by atoms with Crippen LogP contribution in [0.25, 0.3) is 5.70 Å². The quantitative estimate of drug-likeness (QED) is 0.265. The lowest BCUT2D eigenvalue weighted by Gasteiger charge is -2.24. The Morgan fingerprint density at radius 1 is 1.42 bits per heavy atom. The van der Waals surface area contributed by atoms with Crippen LogP contribution in [0, 0.1) is 0 Å². The number of hydrogen-bond acceptors (Lipinski definition) is 7. The summed E-state index contributed by atoms with van der Waals surface area (Å²) in [6, 6.07) is 5.92. The van der Waals surface area contributed by atoms with E-state index < -0.39 is 0 Å². The molecule has 1 fully saturated rings. The number of nitrogens with zero attached hydrogens (tertiary/aromatic N) is 1. The van der Waals surface area contributed by atoms with Crippen molar-refractivity contribution in [2.75, 3.05) is 39.6 Å². The monoisotopic (exact) mass is 360 g/mol. The zero-order valence-electron chi connectivity index (χ0n) is 14.6. The van der Waals surface area contributed by atoms with Gasteiger partial charge in [-0.25, -0.2) is 0 Å². The molecule has 0 radical (unpaired) electrons. The van der Waals surface area contributed by atoms with Gasteiger partial charge in [-0.05, 0) is 35.3 Å². The summed E-state index contributed by atoms with van der Waals surface area (Å²) in [7, 11) is 0. The predicted octanol–water partition coefficient (Wildman–Crippen LogP) is 1.96. The Hall–Kier alpha value is -2.51. The smallest absolute Gasteiger partial charge is 0.252 e. The Balaban J connectivity index is 1.68. The van der Waals surface area contributed by atoms with E-state index in [1.807, 2.05) is 18.2 Å². The Morgan fingerprint density at radius 3 is 3.12 bits per heavy atom. The van der Waals surface area contributed by atoms with Crippen LogP contribution in [0.1, 0.15) is 11.1 Å². The number of rotatable bonds is 6. The molecule has 1 aromatic carbocycles. The molecule has 0 aliphatic carbocycles. The first-order chi connectivity index (χ1) is 12.8. The molecule has 0 bridgehead atoms. The average molecular weight is 360 g/mol. The van der Waals surface area contributed by atoms with Gasteiger partial charge in [0.15, 0.2) is 0 Å². The van der Waals surface area contributed by atoms with Gasteiger partial charge in [0, 0.05) is 23.9 Å². The van der Waals surface area contributed by atoms with Gasteiger partial charge in [-0.15, -0.1) is 0 Å². The van der Waals surface area contributed by atoms with Gasteiger partial charge in [0.2, 0.25) is 0 Å². The minimum atomic E-state index is -0.157. The summed E-state index contributed by atoms with van der Waals surface area (Å²) in [5, 5.41) is 15.8. The number of hydrogen-bond donors (Lipinski definition) is 2. The first-order valence-corrected chi connectivity index (χ1v) is 8.67. The molecule has 0 saturated carbocycles. The maximum atomic E-state index is 9.26. The minimum absolute atomic E-state index is 0.126. The fourth-order valence-electron chi connectivity index (χ4n) is 2.87. The number of ether oxygens (including phenoxy) is 4. The Morgan fingerprint density at radius 2 is 2.35 bits per heavy atom. The summed E-state index contributed by atoms with van der Waals surface area (Å²) in [5.74, 6) is 0.938. The third kappa shape index (κ3) is 4.77. The molecule has 2 heterocycles. The van der Waals surface area contributed by atoms with Crippen molar-refractivity contribution in [1.29, 1.82) is 0 Å². The van der Waals surface area contributed by atoms with Crippen molar-refractivity contribution in [3.63, 3.8) is 0 Å². The summed E-state index contributed by atoms with van der Waals surface area (Å²) in [4.78, 5) is 0. The van der Waals surface area contributed by atoms with Gasteiger partial charge in [0.05, 0.1) is 19.8 Å². The normalized spacial score (nSPS) is 21.6. The van der Waals surface area contributed by atoms with Gasteiger partial charge in [-0.1, -0.05) is 12.7 Å². The molecule has 1 saturated heterocycles. The molecule has 3 rings (SSSR count). The van der Waals surface area contributed by atoms with E-state index in [2.05, 4.69) is 17.1 Å². The van der Waals surface area contributed by atoms with E-state index in [4.69, 9.17) is 18.9 Å². The van der Waals surface area contributed by atoms with Gasteiger partial charge in [-0.3, -0.25) is 0 Å². The first kappa shape index (κ1) is 18.3. The molecule has 1 aromatic rings. The summed E-state index contributed by atoms with van der Waals surface area (Å²) in [6.07, 6.45) is 4.13. The fourth-order valence-corrected chi connectivity index (χ4v) is 2.87. The molecule has 2 N–H and O–H groups in total. The fraction of sp³-hybridized carbons (Fsp3) is 0.421. The van der Waals surface area contributed by atoms with Crippen LogP contribution in [0.15, 0.2) is 42.1 Å². The van der Waals surface area contributed by atoms with Crippen molar-refractivity contribution in [3.8, 4) is 5.75 Å². The van der Waals surface area contributed by atoms with Crippen molar-refractivity contribution in [2.24, 2.45) is 5.16 Å². The third-order valence-electron chi connectivity index (χ3n) is 4.11. The molecule has 7 nitrogen and oxygen atoms in total. The highest BCUT2D eigenvalue weighted by molar-refractivity contribution is 5.95. The van der Waals surface area contributed by atoms with E-state index in [1.165, 1.54) is 0 Å². The third-order valence-corrected chi connectivity index (χ3v) is 4.11. The molecule has 0 aromatic heterocycles. The maximum Gasteiger partial charge on any atom is 0.252 e. The van der Waals surface area contributed by atoms with E-state index in [-0.39, 0.29) is 18.6 Å². The van der Waals surface area contributed by atoms with Crippen LogP contribution >= 0.6 is 0 Å². The average Bonchev–Trinajstić information content (AvgIpc) is 2.70. The second-order valence-electron chi connectivity index (χ2n) is 5.97. The lowest BCUT2D eigenvalue weighted by Crippen LogP contribution is -2.33. The molecule has 2 aliphatic heterocycles. The molecule has 0 unspecified atom stereocenters. The van der Waals surface area contributed by atoms with Crippen molar-refractivity contribution in [2.45, 2.75) is 12.5 Å². The molecule has 7 heteroatoms. The molecule has 1 atom stereocenters. The number of oxime groups is 1. The highest BCUT2D eigenvalue weighted by Gasteiger charge is 2.18. The van der Waals surface area contributed by atoms with E-state index >= 15 is 0 Å². The van der Waals surface area contributed by atoms with E-state index in [1.54, 1.807) is 12.2 Å². The minimum Gasteiger partial charge on any atom is -0.490 e. The van der Waals surface area contributed by atoms with Crippen LogP contribution in [0.2, 0.25) is 0 Å². The zero-order valence-corrected chi connectivity index (χ0v) is 14.6. The lowest BCUT2D eigenvalue weighted by molar-refractivity contribution is -0.103. The summed E-state index contributed by atoms with van der Waals surface area (Å²) < 4.78 is 22.0. The van der Waals surface area contributed by atoms with Crippen LogP contribution < -0.4 is 10.1 Å². The Labute approximate surface area is 152 Å². The molecule has 140 valence electrons. The first-order valence-electron chi connectivity index (χ1n) is 8.67. The summed E-state index contributed by atoms with van der Waals surface area (Å²) in [6.45, 7) is 6.80. The molecule has 0 amide bonds. The molecular formula is C19H24N2O5.